The van der Waals surface area contributed by atoms with Crippen molar-refractivity contribution in [1.29, 1.82) is 5.26 Å². The summed E-state index contributed by atoms with van der Waals surface area (Å²) >= 11 is 0. The van der Waals surface area contributed by atoms with E-state index in [2.05, 4.69) is 10.3 Å². The van der Waals surface area contributed by atoms with Gasteiger partial charge in [0.2, 0.25) is 0 Å². The minimum absolute atomic E-state index is 0.0949. The first-order valence-electron chi connectivity index (χ1n) is 5.75. The number of nitrogens with zero attached hydrogens (tertiary/aromatic N) is 2. The molecular weight excluding hydrogens is 259 g/mol. The largest absolute Gasteiger partial charge is 0.398 e. The number of rotatable bonds is 2. The molecule has 0 aliphatic rings. The average Bonchev–Trinajstić information content (AvgIpc) is 2.38. The molecule has 0 saturated carbocycles. The molecule has 0 spiro atoms. The van der Waals surface area contributed by atoms with Crippen LogP contribution < -0.4 is 11.1 Å². The first-order chi connectivity index (χ1) is 9.52. The number of carbonyl (C=O) groups is 1. The maximum atomic E-state index is 13.4. The molecule has 0 saturated heterocycles. The summed E-state index contributed by atoms with van der Waals surface area (Å²) in [6.45, 7) is 1.75. The first kappa shape index (κ1) is 13.5. The highest BCUT2D eigenvalue weighted by Gasteiger charge is 2.14. The number of carbonyl (C=O) groups excluding carboxylic acids is 1. The highest BCUT2D eigenvalue weighted by Crippen LogP contribution is 2.20. The second-order valence-electron chi connectivity index (χ2n) is 4.14. The molecule has 1 heterocycles. The van der Waals surface area contributed by atoms with Crippen molar-refractivity contribution in [2.45, 2.75) is 6.92 Å². The molecule has 5 nitrogen and oxygen atoms in total. The number of aromatic nitrogens is 1. The predicted molar refractivity (Wildman–Crippen MR) is 72.5 cm³/mol. The molecule has 6 heteroatoms. The molecule has 0 aliphatic heterocycles. The number of hydrogen-bond donors (Lipinski definition) is 2. The van der Waals surface area contributed by atoms with E-state index < -0.39 is 11.7 Å². The van der Waals surface area contributed by atoms with Gasteiger partial charge in [-0.3, -0.25) is 9.78 Å². The highest BCUT2D eigenvalue weighted by molar-refractivity contribution is 6.08. The summed E-state index contributed by atoms with van der Waals surface area (Å²) in [6.07, 6.45) is 1.34. The van der Waals surface area contributed by atoms with Gasteiger partial charge in [0, 0.05) is 17.6 Å². The summed E-state index contributed by atoms with van der Waals surface area (Å²) in [7, 11) is 0. The summed E-state index contributed by atoms with van der Waals surface area (Å²) in [4.78, 5) is 16.0. The van der Waals surface area contributed by atoms with Gasteiger partial charge in [0.05, 0.1) is 11.3 Å². The van der Waals surface area contributed by atoms with E-state index in [0.29, 0.717) is 5.69 Å². The Morgan fingerprint density at radius 1 is 1.50 bits per heavy atom. The number of benzene rings is 1. The Hall–Kier alpha value is -2.94. The van der Waals surface area contributed by atoms with Crippen LogP contribution >= 0.6 is 0 Å². The second-order valence-corrected chi connectivity index (χ2v) is 4.14. The van der Waals surface area contributed by atoms with Crippen LogP contribution in [0.1, 0.15) is 21.6 Å². The van der Waals surface area contributed by atoms with Crippen LogP contribution in [0.4, 0.5) is 15.8 Å². The van der Waals surface area contributed by atoms with Crippen molar-refractivity contribution < 1.29 is 9.18 Å². The summed E-state index contributed by atoms with van der Waals surface area (Å²) in [5.41, 5.74) is 6.73. The summed E-state index contributed by atoms with van der Waals surface area (Å²) in [5.74, 6) is -1.24. The highest BCUT2D eigenvalue weighted by atomic mass is 19.1. The molecule has 0 fully saturated rings. The molecule has 0 unspecified atom stereocenters. The molecule has 1 amide bonds. The first-order valence-corrected chi connectivity index (χ1v) is 5.75. The lowest BCUT2D eigenvalue weighted by Gasteiger charge is -2.09. The molecule has 2 aromatic rings. The molecule has 20 heavy (non-hydrogen) atoms. The minimum atomic E-state index is -0.694. The van der Waals surface area contributed by atoms with Gasteiger partial charge in [-0.15, -0.1) is 0 Å². The number of nitriles is 1. The van der Waals surface area contributed by atoms with E-state index in [0.717, 1.165) is 6.07 Å². The fraction of sp³-hybridized carbons (Fsp3) is 0.0714. The Labute approximate surface area is 114 Å². The fourth-order valence-corrected chi connectivity index (χ4v) is 1.70. The monoisotopic (exact) mass is 270 g/mol. The molecule has 0 radical (unpaired) electrons. The molecular formula is C14H11FN4O. The number of anilines is 2. The Morgan fingerprint density at radius 3 is 2.90 bits per heavy atom. The maximum absolute atomic E-state index is 13.4. The third-order valence-corrected chi connectivity index (χ3v) is 2.69. The van der Waals surface area contributed by atoms with Gasteiger partial charge in [0.15, 0.2) is 0 Å². The van der Waals surface area contributed by atoms with Gasteiger partial charge in [0.1, 0.15) is 17.4 Å². The van der Waals surface area contributed by atoms with Crippen LogP contribution in [0.3, 0.4) is 0 Å². The van der Waals surface area contributed by atoms with Crippen molar-refractivity contribution >= 4 is 17.3 Å². The summed E-state index contributed by atoms with van der Waals surface area (Å²) in [5, 5.41) is 11.4. The smallest absolute Gasteiger partial charge is 0.259 e. The van der Waals surface area contributed by atoms with Crippen molar-refractivity contribution in [3.63, 3.8) is 0 Å². The zero-order valence-corrected chi connectivity index (χ0v) is 10.6. The molecule has 1 aromatic heterocycles. The molecule has 1 aromatic carbocycles. The van der Waals surface area contributed by atoms with Crippen molar-refractivity contribution in [3.05, 3.63) is 53.1 Å². The van der Waals surface area contributed by atoms with Gasteiger partial charge in [-0.1, -0.05) is 6.07 Å². The third kappa shape index (κ3) is 2.57. The van der Waals surface area contributed by atoms with E-state index in [1.54, 1.807) is 19.1 Å². The lowest BCUT2D eigenvalue weighted by Crippen LogP contribution is -2.15. The van der Waals surface area contributed by atoms with Crippen LogP contribution in [0.5, 0.6) is 0 Å². The fourth-order valence-electron chi connectivity index (χ4n) is 1.70. The van der Waals surface area contributed by atoms with Crippen molar-refractivity contribution in [2.75, 3.05) is 11.1 Å². The van der Waals surface area contributed by atoms with Crippen molar-refractivity contribution in [1.82, 2.24) is 4.98 Å². The van der Waals surface area contributed by atoms with Crippen LogP contribution in [0.15, 0.2) is 30.5 Å². The van der Waals surface area contributed by atoms with E-state index in [1.165, 1.54) is 18.3 Å². The van der Waals surface area contributed by atoms with E-state index in [9.17, 15) is 9.18 Å². The van der Waals surface area contributed by atoms with E-state index in [4.69, 9.17) is 11.0 Å². The van der Waals surface area contributed by atoms with Gasteiger partial charge in [-0.05, 0) is 25.1 Å². The minimum Gasteiger partial charge on any atom is -0.398 e. The number of pyridine rings is 1. The van der Waals surface area contributed by atoms with Gasteiger partial charge in [0.25, 0.3) is 5.91 Å². The van der Waals surface area contributed by atoms with Gasteiger partial charge in [-0.2, -0.15) is 5.26 Å². The van der Waals surface area contributed by atoms with Gasteiger partial charge in [-0.25, -0.2) is 4.39 Å². The summed E-state index contributed by atoms with van der Waals surface area (Å²) < 4.78 is 13.4. The van der Waals surface area contributed by atoms with Crippen LogP contribution in [0, 0.1) is 24.1 Å². The number of halogens is 1. The standard InChI is InChI=1S/C14H11FN4O/c1-8-5-12(17)10(7-18-8)14(20)19-13-4-2-3-11(15)9(13)6-16/h2-5,7H,1H3,(H2,17,18)(H,19,20). The normalized spacial score (nSPS) is 9.85. The number of nitrogen functional groups attached to an aromatic ring is 1. The SMILES string of the molecule is Cc1cc(N)c(C(=O)Nc2cccc(F)c2C#N)cn1. The van der Waals surface area contributed by atoms with Crippen LogP contribution in [0.2, 0.25) is 0 Å². The molecule has 2 rings (SSSR count). The number of hydrogen-bond acceptors (Lipinski definition) is 4. The van der Waals surface area contributed by atoms with Crippen LogP contribution in [-0.2, 0) is 0 Å². The number of nitrogens with two attached hydrogens (primary N) is 1. The zero-order chi connectivity index (χ0) is 14.7. The van der Waals surface area contributed by atoms with Crippen LogP contribution in [-0.4, -0.2) is 10.9 Å². The maximum Gasteiger partial charge on any atom is 0.259 e. The summed E-state index contributed by atoms with van der Waals surface area (Å²) in [6, 6.07) is 7.26. The number of amides is 1. The van der Waals surface area contributed by atoms with E-state index in [-0.39, 0.29) is 22.5 Å². The molecule has 3 N–H and O–H groups in total. The Balaban J connectivity index is 2.33. The lowest BCUT2D eigenvalue weighted by molar-refractivity contribution is 0.102. The topological polar surface area (TPSA) is 91.8 Å². The quantitative estimate of drug-likeness (QED) is 0.875. The van der Waals surface area contributed by atoms with E-state index in [1.807, 2.05) is 0 Å². The van der Waals surface area contributed by atoms with Gasteiger partial charge >= 0.3 is 0 Å². The molecule has 100 valence electrons. The molecule has 0 atom stereocenters. The average molecular weight is 270 g/mol. The predicted octanol–water partition coefficient (Wildman–Crippen LogP) is 2.24. The van der Waals surface area contributed by atoms with Gasteiger partial charge < -0.3 is 11.1 Å². The Morgan fingerprint density at radius 2 is 2.25 bits per heavy atom. The molecule has 0 aliphatic carbocycles. The van der Waals surface area contributed by atoms with Crippen LogP contribution in [0.25, 0.3) is 0 Å². The zero-order valence-electron chi connectivity index (χ0n) is 10.6. The second kappa shape index (κ2) is 5.36. The molecule has 0 bridgehead atoms. The van der Waals surface area contributed by atoms with Crippen molar-refractivity contribution in [3.8, 4) is 6.07 Å². The Bertz CT molecular complexity index is 722. The van der Waals surface area contributed by atoms with E-state index >= 15 is 0 Å². The third-order valence-electron chi connectivity index (χ3n) is 2.69. The van der Waals surface area contributed by atoms with Crippen molar-refractivity contribution in [2.24, 2.45) is 0 Å². The number of nitrogens with one attached hydrogen (secondary N) is 1. The lowest BCUT2D eigenvalue weighted by atomic mass is 10.1. The Kier molecular flexibility index (Phi) is 3.62. The number of aryl methyl sites for hydroxylation is 1.